The molecule has 0 atom stereocenters. The average molecular weight is 341 g/mol. The first kappa shape index (κ1) is 17.2. The topological polar surface area (TPSA) is 26.7 Å². The summed E-state index contributed by atoms with van der Waals surface area (Å²) in [6, 6.07) is 17.5. The summed E-state index contributed by atoms with van der Waals surface area (Å²) in [5.41, 5.74) is 2.39. The second-order valence-corrected chi connectivity index (χ2v) is 11.6. The molecule has 0 unspecified atom stereocenters. The predicted molar refractivity (Wildman–Crippen MR) is 105 cm³/mol. The van der Waals surface area contributed by atoms with E-state index < -0.39 is 8.07 Å². The molecule has 1 heterocycles. The normalized spacial score (nSPS) is 16.4. The van der Waals surface area contributed by atoms with Crippen molar-refractivity contribution < 1.29 is 5.11 Å². The Kier molecular flexibility index (Phi) is 5.09. The summed E-state index contributed by atoms with van der Waals surface area (Å²) in [6.07, 6.45) is 0. The molecule has 24 heavy (non-hydrogen) atoms. The van der Waals surface area contributed by atoms with E-state index in [0.29, 0.717) is 0 Å². The lowest BCUT2D eigenvalue weighted by Crippen LogP contribution is -2.54. The summed E-state index contributed by atoms with van der Waals surface area (Å²) in [6.45, 7) is 9.32. The highest BCUT2D eigenvalue weighted by Gasteiger charge is 2.28. The van der Waals surface area contributed by atoms with Crippen LogP contribution < -0.4 is 15.3 Å². The Labute approximate surface area is 146 Å². The van der Waals surface area contributed by atoms with E-state index in [1.165, 1.54) is 16.1 Å². The molecule has 2 aromatic rings. The molecule has 0 radical (unpaired) electrons. The third kappa shape index (κ3) is 3.41. The Morgan fingerprint density at radius 1 is 0.917 bits per heavy atom. The smallest absolute Gasteiger partial charge is 0.112 e. The molecular weight excluding hydrogens is 312 g/mol. The van der Waals surface area contributed by atoms with Gasteiger partial charge >= 0.3 is 0 Å². The van der Waals surface area contributed by atoms with Gasteiger partial charge in [0.25, 0.3) is 0 Å². The lowest BCUT2D eigenvalue weighted by molar-refractivity contribution is 0.283. The van der Waals surface area contributed by atoms with Crippen LogP contribution >= 0.6 is 0 Å². The molecule has 0 bridgehead atoms. The van der Waals surface area contributed by atoms with Crippen LogP contribution in [0.3, 0.4) is 0 Å². The zero-order valence-corrected chi connectivity index (χ0v) is 16.0. The van der Waals surface area contributed by atoms with Gasteiger partial charge in [0.1, 0.15) is 8.07 Å². The Bertz CT molecular complexity index is 676. The lowest BCUT2D eigenvalue weighted by atomic mass is 10.2. The number of nitrogens with zero attached hydrogens (tertiary/aromatic N) is 2. The summed E-state index contributed by atoms with van der Waals surface area (Å²) in [7, 11) is 0.396. The third-order valence-electron chi connectivity index (χ3n) is 5.32. The minimum atomic E-state index is -1.79. The van der Waals surface area contributed by atoms with Crippen LogP contribution in [-0.4, -0.2) is 51.3 Å². The molecule has 0 aliphatic carbocycles. The van der Waals surface area contributed by atoms with Crippen molar-refractivity contribution in [2.75, 3.05) is 38.1 Å². The highest BCUT2D eigenvalue weighted by Crippen LogP contribution is 2.16. The Morgan fingerprint density at radius 2 is 1.54 bits per heavy atom. The van der Waals surface area contributed by atoms with Gasteiger partial charge in [0.2, 0.25) is 0 Å². The van der Waals surface area contributed by atoms with Gasteiger partial charge in [-0.15, -0.1) is 0 Å². The minimum Gasteiger partial charge on any atom is -0.392 e. The number of hydrogen-bond acceptors (Lipinski definition) is 3. The molecule has 0 spiro atoms. The molecule has 2 aromatic carbocycles. The van der Waals surface area contributed by atoms with Gasteiger partial charge in [-0.25, -0.2) is 0 Å². The van der Waals surface area contributed by atoms with E-state index in [1.54, 1.807) is 0 Å². The standard InChI is InChI=1S/C20H28N2OSi/c1-21-12-14-22(15-13-21)18-8-10-19(11-9-18)24(2,3)20-7-5-4-6-17(20)16-23/h4-11,23H,12-16H2,1-3H3. The van der Waals surface area contributed by atoms with Crippen molar-refractivity contribution >= 4 is 24.1 Å². The second-order valence-electron chi connectivity index (χ2n) is 7.28. The van der Waals surface area contributed by atoms with Gasteiger partial charge in [0, 0.05) is 31.9 Å². The van der Waals surface area contributed by atoms with Crippen molar-refractivity contribution in [1.29, 1.82) is 0 Å². The van der Waals surface area contributed by atoms with Crippen molar-refractivity contribution in [1.82, 2.24) is 4.90 Å². The van der Waals surface area contributed by atoms with Gasteiger partial charge in [-0.3, -0.25) is 0 Å². The summed E-state index contributed by atoms with van der Waals surface area (Å²) in [5, 5.41) is 12.4. The summed E-state index contributed by atoms with van der Waals surface area (Å²) < 4.78 is 0. The van der Waals surface area contributed by atoms with Crippen molar-refractivity contribution in [3.63, 3.8) is 0 Å². The lowest BCUT2D eigenvalue weighted by Gasteiger charge is -2.34. The number of aliphatic hydroxyl groups excluding tert-OH is 1. The fourth-order valence-corrected chi connectivity index (χ4v) is 6.37. The summed E-state index contributed by atoms with van der Waals surface area (Å²) >= 11 is 0. The fourth-order valence-electron chi connectivity index (χ4n) is 3.58. The summed E-state index contributed by atoms with van der Waals surface area (Å²) in [5.74, 6) is 0. The van der Waals surface area contributed by atoms with E-state index in [1.807, 2.05) is 12.1 Å². The van der Waals surface area contributed by atoms with Crippen molar-refractivity contribution in [3.8, 4) is 0 Å². The molecule has 1 N–H and O–H groups in total. The number of benzene rings is 2. The van der Waals surface area contributed by atoms with Crippen molar-refractivity contribution in [2.45, 2.75) is 19.7 Å². The second kappa shape index (κ2) is 7.09. The maximum Gasteiger partial charge on any atom is 0.112 e. The van der Waals surface area contributed by atoms with E-state index in [0.717, 1.165) is 31.7 Å². The van der Waals surface area contributed by atoms with Crippen molar-refractivity contribution in [2.24, 2.45) is 0 Å². The molecule has 3 rings (SSSR count). The molecular formula is C20H28N2OSi. The number of anilines is 1. The highest BCUT2D eigenvalue weighted by atomic mass is 28.3. The van der Waals surface area contributed by atoms with Gasteiger partial charge in [-0.05, 0) is 29.9 Å². The van der Waals surface area contributed by atoms with Crippen LogP contribution in [-0.2, 0) is 6.61 Å². The van der Waals surface area contributed by atoms with Gasteiger partial charge in [-0.1, -0.05) is 54.7 Å². The van der Waals surface area contributed by atoms with Crippen molar-refractivity contribution in [3.05, 3.63) is 54.1 Å². The Balaban J connectivity index is 1.84. The van der Waals surface area contributed by atoms with E-state index in [9.17, 15) is 5.11 Å². The number of hydrogen-bond donors (Lipinski definition) is 1. The molecule has 0 aromatic heterocycles. The first-order valence-electron chi connectivity index (χ1n) is 8.75. The van der Waals surface area contributed by atoms with Gasteiger partial charge in [-0.2, -0.15) is 0 Å². The molecule has 1 aliphatic rings. The molecule has 1 aliphatic heterocycles. The number of piperazine rings is 1. The first-order chi connectivity index (χ1) is 11.5. The van der Waals surface area contributed by atoms with Crippen LogP contribution in [0.1, 0.15) is 5.56 Å². The van der Waals surface area contributed by atoms with Crippen LogP contribution in [0.4, 0.5) is 5.69 Å². The molecule has 3 nitrogen and oxygen atoms in total. The van der Waals surface area contributed by atoms with Gasteiger partial charge in [0.05, 0.1) is 6.61 Å². The Hall–Kier alpha value is -1.62. The summed E-state index contributed by atoms with van der Waals surface area (Å²) in [4.78, 5) is 4.85. The van der Waals surface area contributed by atoms with Gasteiger partial charge < -0.3 is 14.9 Å². The van der Waals surface area contributed by atoms with Gasteiger partial charge in [0.15, 0.2) is 0 Å². The molecule has 0 amide bonds. The minimum absolute atomic E-state index is 0.117. The quantitative estimate of drug-likeness (QED) is 0.859. The SMILES string of the molecule is CN1CCN(c2ccc([Si](C)(C)c3ccccc3CO)cc2)CC1. The monoisotopic (exact) mass is 340 g/mol. The van der Waals surface area contributed by atoms with Crippen LogP contribution in [0.2, 0.25) is 13.1 Å². The molecule has 1 saturated heterocycles. The molecule has 128 valence electrons. The maximum absolute atomic E-state index is 9.68. The molecule has 0 saturated carbocycles. The largest absolute Gasteiger partial charge is 0.392 e. The van der Waals surface area contributed by atoms with E-state index in [-0.39, 0.29) is 6.61 Å². The zero-order chi connectivity index (χ0) is 17.2. The van der Waals surface area contributed by atoms with E-state index in [2.05, 4.69) is 66.3 Å². The molecule has 1 fully saturated rings. The highest BCUT2D eigenvalue weighted by molar-refractivity contribution is 7.00. The first-order valence-corrected chi connectivity index (χ1v) is 11.8. The van der Waals surface area contributed by atoms with E-state index >= 15 is 0 Å². The average Bonchev–Trinajstić information content (AvgIpc) is 2.62. The van der Waals surface area contributed by atoms with Crippen LogP contribution in [0, 0.1) is 0 Å². The Morgan fingerprint density at radius 3 is 2.17 bits per heavy atom. The van der Waals surface area contributed by atoms with Crippen LogP contribution in [0.15, 0.2) is 48.5 Å². The third-order valence-corrected chi connectivity index (χ3v) is 8.93. The maximum atomic E-state index is 9.68. The number of rotatable bonds is 4. The number of likely N-dealkylation sites (N-methyl/N-ethyl adjacent to an activating group) is 1. The van der Waals surface area contributed by atoms with E-state index in [4.69, 9.17) is 0 Å². The predicted octanol–water partition coefficient (Wildman–Crippen LogP) is 1.75. The zero-order valence-electron chi connectivity index (χ0n) is 15.0. The van der Waals surface area contributed by atoms with Crippen LogP contribution in [0.5, 0.6) is 0 Å². The fraction of sp³-hybridized carbons (Fsp3) is 0.400. The van der Waals surface area contributed by atoms with Crippen LogP contribution in [0.25, 0.3) is 0 Å². The number of aliphatic hydroxyl groups is 1. The molecule has 4 heteroatoms.